The highest BCUT2D eigenvalue weighted by atomic mass is 16.1. The van der Waals surface area contributed by atoms with Crippen molar-refractivity contribution in [1.29, 1.82) is 0 Å². The zero-order chi connectivity index (χ0) is 14.6. The molecule has 1 aliphatic rings. The highest BCUT2D eigenvalue weighted by Gasteiger charge is 2.38. The molecule has 1 atom stereocenters. The van der Waals surface area contributed by atoms with Crippen LogP contribution in [0.1, 0.15) is 47.5 Å². The number of amides is 1. The van der Waals surface area contributed by atoms with Crippen LogP contribution < -0.4 is 11.1 Å². The Hall–Kier alpha value is -0.610. The number of primary amides is 1. The fourth-order valence-corrected chi connectivity index (χ4v) is 2.56. The zero-order valence-electron chi connectivity index (χ0n) is 13.2. The van der Waals surface area contributed by atoms with Crippen molar-refractivity contribution in [3.05, 3.63) is 0 Å². The first-order valence-corrected chi connectivity index (χ1v) is 7.53. The second kappa shape index (κ2) is 6.71. The summed E-state index contributed by atoms with van der Waals surface area (Å²) in [5.74, 6) is 0.950. The molecule has 0 aromatic heterocycles. The third-order valence-corrected chi connectivity index (χ3v) is 3.43. The number of nitrogens with one attached hydrogen (secondary N) is 1. The van der Waals surface area contributed by atoms with Crippen molar-refractivity contribution in [3.63, 3.8) is 0 Å². The molecule has 0 saturated heterocycles. The van der Waals surface area contributed by atoms with Gasteiger partial charge in [0.15, 0.2) is 0 Å². The van der Waals surface area contributed by atoms with Crippen LogP contribution in [0.5, 0.6) is 0 Å². The van der Waals surface area contributed by atoms with Gasteiger partial charge in [-0.3, -0.25) is 10.1 Å². The molecule has 0 aliphatic heterocycles. The molecule has 1 rings (SSSR count). The molecule has 0 aromatic rings. The highest BCUT2D eigenvalue weighted by Crippen LogP contribution is 2.23. The minimum Gasteiger partial charge on any atom is -0.368 e. The van der Waals surface area contributed by atoms with Crippen molar-refractivity contribution < 1.29 is 4.79 Å². The lowest BCUT2D eigenvalue weighted by Gasteiger charge is -2.36. The van der Waals surface area contributed by atoms with Crippen LogP contribution in [0.4, 0.5) is 0 Å². The van der Waals surface area contributed by atoms with Crippen molar-refractivity contribution in [2.45, 2.75) is 59.0 Å². The van der Waals surface area contributed by atoms with Crippen molar-refractivity contribution >= 4 is 5.91 Å². The van der Waals surface area contributed by atoms with E-state index in [1.807, 2.05) is 6.92 Å². The van der Waals surface area contributed by atoms with E-state index < -0.39 is 5.54 Å². The average Bonchev–Trinajstić information content (AvgIpc) is 2.98. The van der Waals surface area contributed by atoms with Gasteiger partial charge in [0.25, 0.3) is 0 Å². The van der Waals surface area contributed by atoms with Crippen LogP contribution in [0.3, 0.4) is 0 Å². The number of hydrogen-bond donors (Lipinski definition) is 2. The van der Waals surface area contributed by atoms with Crippen LogP contribution in [0.15, 0.2) is 0 Å². The van der Waals surface area contributed by atoms with Gasteiger partial charge in [-0.05, 0) is 31.6 Å². The summed E-state index contributed by atoms with van der Waals surface area (Å²) in [5, 5.41) is 3.43. The van der Waals surface area contributed by atoms with Crippen molar-refractivity contribution in [3.8, 4) is 0 Å². The van der Waals surface area contributed by atoms with Crippen LogP contribution in [0.2, 0.25) is 0 Å². The molecule has 3 N–H and O–H groups in total. The SMILES string of the molecule is CC(C)CN(CC(C)C)CC(C)(NC1CC1)C(N)=O. The first-order chi connectivity index (χ1) is 8.73. The minimum atomic E-state index is -0.606. The molecule has 1 unspecified atom stereocenters. The van der Waals surface area contributed by atoms with Gasteiger partial charge in [-0.2, -0.15) is 0 Å². The predicted molar refractivity (Wildman–Crippen MR) is 79.9 cm³/mol. The number of carbonyl (C=O) groups is 1. The third-order valence-electron chi connectivity index (χ3n) is 3.43. The fourth-order valence-electron chi connectivity index (χ4n) is 2.56. The highest BCUT2D eigenvalue weighted by molar-refractivity contribution is 5.84. The van der Waals surface area contributed by atoms with Crippen molar-refractivity contribution in [1.82, 2.24) is 10.2 Å². The number of carbonyl (C=O) groups excluding carboxylic acids is 1. The molecule has 4 nitrogen and oxygen atoms in total. The Labute approximate surface area is 118 Å². The van der Waals surface area contributed by atoms with Crippen LogP contribution in [0, 0.1) is 11.8 Å². The number of nitrogens with two attached hydrogens (primary N) is 1. The molecule has 1 aliphatic carbocycles. The summed E-state index contributed by atoms with van der Waals surface area (Å²) in [6.45, 7) is 13.5. The summed E-state index contributed by atoms with van der Waals surface area (Å²) in [4.78, 5) is 14.2. The Bertz CT molecular complexity index is 290. The molecular formula is C15H31N3O. The molecule has 0 aromatic carbocycles. The number of nitrogens with zero attached hydrogens (tertiary/aromatic N) is 1. The molecule has 0 radical (unpaired) electrons. The molecule has 112 valence electrons. The van der Waals surface area contributed by atoms with Gasteiger partial charge in [0, 0.05) is 25.7 Å². The molecule has 1 saturated carbocycles. The Morgan fingerprint density at radius 3 is 2.05 bits per heavy atom. The quantitative estimate of drug-likeness (QED) is 0.668. The molecule has 19 heavy (non-hydrogen) atoms. The largest absolute Gasteiger partial charge is 0.368 e. The average molecular weight is 269 g/mol. The summed E-state index contributed by atoms with van der Waals surface area (Å²) in [7, 11) is 0. The molecule has 0 spiro atoms. The molecule has 0 bridgehead atoms. The van der Waals surface area contributed by atoms with E-state index in [0.29, 0.717) is 24.4 Å². The van der Waals surface area contributed by atoms with Crippen LogP contribution >= 0.6 is 0 Å². The minimum absolute atomic E-state index is 0.239. The lowest BCUT2D eigenvalue weighted by Crippen LogP contribution is -2.60. The second-order valence-electron chi connectivity index (χ2n) is 7.10. The topological polar surface area (TPSA) is 58.4 Å². The van der Waals surface area contributed by atoms with E-state index in [-0.39, 0.29) is 5.91 Å². The van der Waals surface area contributed by atoms with Gasteiger partial charge in [-0.15, -0.1) is 0 Å². The van der Waals surface area contributed by atoms with E-state index in [1.54, 1.807) is 0 Å². The van der Waals surface area contributed by atoms with Gasteiger partial charge in [0.1, 0.15) is 5.54 Å². The summed E-state index contributed by atoms with van der Waals surface area (Å²) in [6, 6.07) is 0.484. The van der Waals surface area contributed by atoms with E-state index in [4.69, 9.17) is 5.73 Å². The normalized spacial score (nSPS) is 19.2. The standard InChI is InChI=1S/C15H31N3O/c1-11(2)8-18(9-12(3)4)10-15(5,14(16)19)17-13-6-7-13/h11-13,17H,6-10H2,1-5H3,(H2,16,19). The summed E-state index contributed by atoms with van der Waals surface area (Å²) < 4.78 is 0. The van der Waals surface area contributed by atoms with Gasteiger partial charge in [0.2, 0.25) is 5.91 Å². The smallest absolute Gasteiger partial charge is 0.238 e. The third kappa shape index (κ3) is 5.91. The molecule has 1 amide bonds. The Morgan fingerprint density at radius 1 is 1.26 bits per heavy atom. The fraction of sp³-hybridized carbons (Fsp3) is 0.933. The summed E-state index contributed by atoms with van der Waals surface area (Å²) in [5.41, 5.74) is 5.02. The van der Waals surface area contributed by atoms with E-state index >= 15 is 0 Å². The van der Waals surface area contributed by atoms with E-state index in [2.05, 4.69) is 37.9 Å². The maximum Gasteiger partial charge on any atom is 0.238 e. The number of hydrogen-bond acceptors (Lipinski definition) is 3. The maximum atomic E-state index is 11.8. The van der Waals surface area contributed by atoms with Crippen LogP contribution in [0.25, 0.3) is 0 Å². The molecule has 4 heteroatoms. The maximum absolute atomic E-state index is 11.8. The van der Waals surface area contributed by atoms with E-state index in [0.717, 1.165) is 25.9 Å². The van der Waals surface area contributed by atoms with Gasteiger partial charge in [-0.25, -0.2) is 0 Å². The van der Waals surface area contributed by atoms with E-state index in [9.17, 15) is 4.79 Å². The summed E-state index contributed by atoms with van der Waals surface area (Å²) >= 11 is 0. The Balaban J connectivity index is 2.67. The monoisotopic (exact) mass is 269 g/mol. The zero-order valence-corrected chi connectivity index (χ0v) is 13.2. The lowest BCUT2D eigenvalue weighted by molar-refractivity contribution is -0.124. The van der Waals surface area contributed by atoms with E-state index in [1.165, 1.54) is 0 Å². The molecule has 1 fully saturated rings. The van der Waals surface area contributed by atoms with Crippen LogP contribution in [-0.2, 0) is 4.79 Å². The van der Waals surface area contributed by atoms with Gasteiger partial charge in [-0.1, -0.05) is 27.7 Å². The van der Waals surface area contributed by atoms with Gasteiger partial charge >= 0.3 is 0 Å². The first kappa shape index (κ1) is 16.4. The van der Waals surface area contributed by atoms with Gasteiger partial charge < -0.3 is 10.6 Å². The van der Waals surface area contributed by atoms with Crippen molar-refractivity contribution in [2.75, 3.05) is 19.6 Å². The molecule has 0 heterocycles. The molecular weight excluding hydrogens is 238 g/mol. The second-order valence-corrected chi connectivity index (χ2v) is 7.10. The van der Waals surface area contributed by atoms with Gasteiger partial charge in [0.05, 0.1) is 0 Å². The summed E-state index contributed by atoms with van der Waals surface area (Å²) in [6.07, 6.45) is 2.33. The lowest BCUT2D eigenvalue weighted by atomic mass is 9.99. The first-order valence-electron chi connectivity index (χ1n) is 7.53. The van der Waals surface area contributed by atoms with Crippen LogP contribution in [-0.4, -0.2) is 42.0 Å². The Kier molecular flexibility index (Phi) is 5.81. The predicted octanol–water partition coefficient (Wildman–Crippen LogP) is 1.60. The number of rotatable bonds is 9. The van der Waals surface area contributed by atoms with Crippen molar-refractivity contribution in [2.24, 2.45) is 17.6 Å². The Morgan fingerprint density at radius 2 is 1.74 bits per heavy atom.